The standard InChI is InChI=1S/C14H12N6/c1-9-3-2-4-11(10(9)7-15)18-13-14-17-5-6-20(14)8-12(16)19-13/h2-6,8H,16H2,1H3,(H,18,19). The van der Waals surface area contributed by atoms with Gasteiger partial charge in [0.25, 0.3) is 0 Å². The number of nitrogens with two attached hydrogens (primary N) is 1. The van der Waals surface area contributed by atoms with Crippen LogP contribution >= 0.6 is 0 Å². The van der Waals surface area contributed by atoms with Crippen LogP contribution in [0.2, 0.25) is 0 Å². The van der Waals surface area contributed by atoms with E-state index in [9.17, 15) is 5.26 Å². The molecule has 0 fully saturated rings. The normalized spacial score (nSPS) is 10.4. The number of anilines is 3. The fourth-order valence-corrected chi connectivity index (χ4v) is 2.08. The second-order valence-electron chi connectivity index (χ2n) is 4.41. The minimum absolute atomic E-state index is 0.379. The molecule has 0 bridgehead atoms. The molecular weight excluding hydrogens is 252 g/mol. The Hall–Kier alpha value is -3.07. The van der Waals surface area contributed by atoms with E-state index < -0.39 is 0 Å². The van der Waals surface area contributed by atoms with Gasteiger partial charge >= 0.3 is 0 Å². The largest absolute Gasteiger partial charge is 0.382 e. The van der Waals surface area contributed by atoms with E-state index in [2.05, 4.69) is 21.4 Å². The summed E-state index contributed by atoms with van der Waals surface area (Å²) in [5.74, 6) is 0.904. The van der Waals surface area contributed by atoms with Gasteiger partial charge in [0.05, 0.1) is 17.4 Å². The van der Waals surface area contributed by atoms with Gasteiger partial charge in [-0.2, -0.15) is 5.26 Å². The molecule has 0 atom stereocenters. The van der Waals surface area contributed by atoms with Crippen LogP contribution in [-0.2, 0) is 0 Å². The van der Waals surface area contributed by atoms with E-state index in [0.29, 0.717) is 28.5 Å². The highest BCUT2D eigenvalue weighted by atomic mass is 15.1. The average Bonchev–Trinajstić information content (AvgIpc) is 2.87. The number of nitrogen functional groups attached to an aromatic ring is 1. The highest BCUT2D eigenvalue weighted by Crippen LogP contribution is 2.24. The lowest BCUT2D eigenvalue weighted by atomic mass is 10.1. The Morgan fingerprint density at radius 1 is 1.40 bits per heavy atom. The van der Waals surface area contributed by atoms with Gasteiger partial charge in [0.2, 0.25) is 0 Å². The second kappa shape index (κ2) is 4.55. The van der Waals surface area contributed by atoms with Crippen LogP contribution in [0.3, 0.4) is 0 Å². The smallest absolute Gasteiger partial charge is 0.180 e. The molecule has 6 nitrogen and oxygen atoms in total. The van der Waals surface area contributed by atoms with Crippen LogP contribution in [-0.4, -0.2) is 14.4 Å². The molecule has 6 heteroatoms. The quantitative estimate of drug-likeness (QED) is 0.740. The number of fused-ring (bicyclic) bond motifs is 1. The number of aromatic nitrogens is 3. The van der Waals surface area contributed by atoms with Gasteiger partial charge in [0.15, 0.2) is 11.5 Å². The van der Waals surface area contributed by atoms with Gasteiger partial charge in [-0.3, -0.25) is 0 Å². The molecule has 1 aromatic carbocycles. The van der Waals surface area contributed by atoms with Gasteiger partial charge in [-0.25, -0.2) is 9.97 Å². The van der Waals surface area contributed by atoms with Crippen molar-refractivity contribution in [1.82, 2.24) is 14.4 Å². The van der Waals surface area contributed by atoms with Gasteiger partial charge < -0.3 is 15.5 Å². The summed E-state index contributed by atoms with van der Waals surface area (Å²) in [4.78, 5) is 8.48. The molecule has 0 aliphatic rings. The third-order valence-electron chi connectivity index (χ3n) is 3.03. The van der Waals surface area contributed by atoms with Crippen LogP contribution in [0.15, 0.2) is 36.8 Å². The maximum atomic E-state index is 9.25. The van der Waals surface area contributed by atoms with Gasteiger partial charge in [-0.15, -0.1) is 0 Å². The minimum atomic E-state index is 0.379. The Labute approximate surface area is 115 Å². The number of rotatable bonds is 2. The fraction of sp³-hybridized carbons (Fsp3) is 0.0714. The Morgan fingerprint density at radius 2 is 2.25 bits per heavy atom. The first-order chi connectivity index (χ1) is 9.69. The summed E-state index contributed by atoms with van der Waals surface area (Å²) in [6.07, 6.45) is 5.15. The van der Waals surface area contributed by atoms with Crippen LogP contribution in [0, 0.1) is 18.3 Å². The van der Waals surface area contributed by atoms with Crippen LogP contribution < -0.4 is 11.1 Å². The molecule has 0 unspecified atom stereocenters. The zero-order valence-corrected chi connectivity index (χ0v) is 10.8. The first-order valence-corrected chi connectivity index (χ1v) is 6.05. The van der Waals surface area contributed by atoms with E-state index in [1.54, 1.807) is 23.0 Å². The molecule has 3 rings (SSSR count). The number of nitrogens with one attached hydrogen (secondary N) is 1. The zero-order valence-electron chi connectivity index (χ0n) is 10.8. The van der Waals surface area contributed by atoms with Crippen LogP contribution in [0.4, 0.5) is 17.3 Å². The number of nitriles is 1. The van der Waals surface area contributed by atoms with Crippen LogP contribution in [0.25, 0.3) is 5.65 Å². The lowest BCUT2D eigenvalue weighted by Gasteiger charge is -2.10. The van der Waals surface area contributed by atoms with Crippen molar-refractivity contribution in [1.29, 1.82) is 5.26 Å². The first kappa shape index (κ1) is 12.0. The van der Waals surface area contributed by atoms with Crippen molar-refractivity contribution in [3.63, 3.8) is 0 Å². The molecule has 0 amide bonds. The van der Waals surface area contributed by atoms with E-state index in [0.717, 1.165) is 5.56 Å². The van der Waals surface area contributed by atoms with E-state index in [1.165, 1.54) is 0 Å². The fourth-order valence-electron chi connectivity index (χ4n) is 2.08. The molecule has 2 heterocycles. The van der Waals surface area contributed by atoms with Crippen molar-refractivity contribution in [2.24, 2.45) is 0 Å². The topological polar surface area (TPSA) is 92.0 Å². The van der Waals surface area contributed by atoms with Crippen molar-refractivity contribution in [2.45, 2.75) is 6.92 Å². The number of aryl methyl sites for hydroxylation is 1. The predicted molar refractivity (Wildman–Crippen MR) is 76.6 cm³/mol. The summed E-state index contributed by atoms with van der Waals surface area (Å²) in [6.45, 7) is 1.89. The lowest BCUT2D eigenvalue weighted by Crippen LogP contribution is -2.03. The number of imidazole rings is 1. The van der Waals surface area contributed by atoms with Gasteiger partial charge in [0.1, 0.15) is 11.9 Å². The third kappa shape index (κ3) is 1.91. The average molecular weight is 264 g/mol. The molecule has 2 aromatic heterocycles. The first-order valence-electron chi connectivity index (χ1n) is 6.05. The third-order valence-corrected chi connectivity index (χ3v) is 3.03. The highest BCUT2D eigenvalue weighted by Gasteiger charge is 2.10. The zero-order chi connectivity index (χ0) is 14.1. The molecule has 20 heavy (non-hydrogen) atoms. The van der Waals surface area contributed by atoms with E-state index in [4.69, 9.17) is 5.73 Å². The predicted octanol–water partition coefficient (Wildman–Crippen LogP) is 2.24. The molecule has 3 aromatic rings. The number of nitrogens with zero attached hydrogens (tertiary/aromatic N) is 4. The Balaban J connectivity index is 2.13. The summed E-state index contributed by atoms with van der Waals surface area (Å²) in [7, 11) is 0. The Morgan fingerprint density at radius 3 is 3.05 bits per heavy atom. The molecule has 0 aliphatic heterocycles. The van der Waals surface area contributed by atoms with Gasteiger partial charge in [-0.1, -0.05) is 12.1 Å². The molecule has 0 radical (unpaired) electrons. The summed E-state index contributed by atoms with van der Waals surface area (Å²) in [6, 6.07) is 7.79. The van der Waals surface area contributed by atoms with E-state index >= 15 is 0 Å². The summed E-state index contributed by atoms with van der Waals surface area (Å²) < 4.78 is 1.78. The maximum Gasteiger partial charge on any atom is 0.180 e. The molecule has 3 N–H and O–H groups in total. The number of hydrogen-bond donors (Lipinski definition) is 2. The van der Waals surface area contributed by atoms with Crippen molar-refractivity contribution >= 4 is 23.0 Å². The lowest BCUT2D eigenvalue weighted by molar-refractivity contribution is 1.13. The second-order valence-corrected chi connectivity index (χ2v) is 4.41. The summed E-state index contributed by atoms with van der Waals surface area (Å²) in [5.41, 5.74) is 8.61. The Bertz CT molecular complexity index is 827. The van der Waals surface area contributed by atoms with Crippen molar-refractivity contribution < 1.29 is 0 Å². The van der Waals surface area contributed by atoms with E-state index in [1.807, 2.05) is 25.1 Å². The Kier molecular flexibility index (Phi) is 2.73. The molecule has 0 saturated heterocycles. The molecule has 0 saturated carbocycles. The van der Waals surface area contributed by atoms with Gasteiger partial charge in [0, 0.05) is 12.4 Å². The monoisotopic (exact) mass is 264 g/mol. The summed E-state index contributed by atoms with van der Waals surface area (Å²) in [5, 5.41) is 12.4. The van der Waals surface area contributed by atoms with E-state index in [-0.39, 0.29) is 0 Å². The maximum absolute atomic E-state index is 9.25. The SMILES string of the molecule is Cc1cccc(Nc2nc(N)cn3ccnc23)c1C#N. The van der Waals surface area contributed by atoms with Crippen LogP contribution in [0.1, 0.15) is 11.1 Å². The van der Waals surface area contributed by atoms with Gasteiger partial charge in [-0.05, 0) is 18.6 Å². The van der Waals surface area contributed by atoms with Crippen molar-refractivity contribution in [2.75, 3.05) is 11.1 Å². The summed E-state index contributed by atoms with van der Waals surface area (Å²) >= 11 is 0. The van der Waals surface area contributed by atoms with Crippen LogP contribution in [0.5, 0.6) is 0 Å². The van der Waals surface area contributed by atoms with Crippen molar-refractivity contribution in [3.8, 4) is 6.07 Å². The number of hydrogen-bond acceptors (Lipinski definition) is 5. The van der Waals surface area contributed by atoms with Crippen molar-refractivity contribution in [3.05, 3.63) is 47.9 Å². The highest BCUT2D eigenvalue weighted by molar-refractivity contribution is 5.74. The number of benzene rings is 1. The molecule has 0 aliphatic carbocycles. The minimum Gasteiger partial charge on any atom is -0.382 e. The molecule has 0 spiro atoms. The molecule has 98 valence electrons. The molecular formula is C14H12N6.